The van der Waals surface area contributed by atoms with Crippen molar-refractivity contribution in [3.63, 3.8) is 0 Å². The van der Waals surface area contributed by atoms with Crippen LogP contribution in [0, 0.1) is 0 Å². The van der Waals surface area contributed by atoms with E-state index in [0.29, 0.717) is 12.7 Å². The maximum Gasteiger partial charge on any atom is 0.165 e. The third-order valence-corrected chi connectivity index (χ3v) is 1.51. The SMILES string of the molecule is C=C(C=O)C(=O)CCCCC. The van der Waals surface area contributed by atoms with Crippen molar-refractivity contribution in [2.75, 3.05) is 0 Å². The van der Waals surface area contributed by atoms with Crippen molar-refractivity contribution < 1.29 is 9.59 Å². The van der Waals surface area contributed by atoms with Crippen molar-refractivity contribution in [3.05, 3.63) is 12.2 Å². The number of Topliss-reactive ketones (excluding diaryl/α,β-unsaturated/α-hetero) is 1. The normalized spacial score (nSPS) is 9.18. The van der Waals surface area contributed by atoms with Crippen LogP contribution in [-0.2, 0) is 9.59 Å². The van der Waals surface area contributed by atoms with E-state index in [4.69, 9.17) is 0 Å². The zero-order valence-corrected chi connectivity index (χ0v) is 6.93. The van der Waals surface area contributed by atoms with Crippen LogP contribution in [0.15, 0.2) is 12.2 Å². The Balaban J connectivity index is 3.52. The Kier molecular flexibility index (Phi) is 5.35. The molecule has 62 valence electrons. The molecule has 0 fully saturated rings. The van der Waals surface area contributed by atoms with Crippen LogP contribution >= 0.6 is 0 Å². The smallest absolute Gasteiger partial charge is 0.165 e. The number of hydrogen-bond donors (Lipinski definition) is 0. The molecule has 0 aromatic carbocycles. The van der Waals surface area contributed by atoms with E-state index in [2.05, 4.69) is 13.5 Å². The third kappa shape index (κ3) is 4.48. The average Bonchev–Trinajstić information content (AvgIpc) is 2.03. The molecule has 0 saturated carbocycles. The lowest BCUT2D eigenvalue weighted by Crippen LogP contribution is -2.01. The number of carbonyl (C=O) groups excluding carboxylic acids is 2. The van der Waals surface area contributed by atoms with Gasteiger partial charge < -0.3 is 0 Å². The second-order valence-electron chi connectivity index (χ2n) is 2.52. The Morgan fingerprint density at radius 1 is 1.45 bits per heavy atom. The molecule has 0 radical (unpaired) electrons. The minimum Gasteiger partial charge on any atom is -0.298 e. The fraction of sp³-hybridized carbons (Fsp3) is 0.556. The molecule has 0 heterocycles. The Bertz CT molecular complexity index is 159. The highest BCUT2D eigenvalue weighted by molar-refractivity contribution is 6.10. The maximum absolute atomic E-state index is 10.9. The highest BCUT2D eigenvalue weighted by Gasteiger charge is 2.03. The average molecular weight is 154 g/mol. The van der Waals surface area contributed by atoms with Gasteiger partial charge in [-0.25, -0.2) is 0 Å². The number of rotatable bonds is 6. The molecule has 0 rings (SSSR count). The van der Waals surface area contributed by atoms with Crippen LogP contribution in [0.25, 0.3) is 0 Å². The molecule has 0 aliphatic carbocycles. The summed E-state index contributed by atoms with van der Waals surface area (Å²) in [5.74, 6) is -0.117. The van der Waals surface area contributed by atoms with Crippen molar-refractivity contribution in [3.8, 4) is 0 Å². The van der Waals surface area contributed by atoms with E-state index in [-0.39, 0.29) is 11.4 Å². The van der Waals surface area contributed by atoms with Crippen LogP contribution in [0.3, 0.4) is 0 Å². The number of ketones is 1. The molecule has 0 unspecified atom stereocenters. The first-order valence-corrected chi connectivity index (χ1v) is 3.89. The summed E-state index contributed by atoms with van der Waals surface area (Å²) in [6.45, 7) is 5.40. The Morgan fingerprint density at radius 3 is 2.55 bits per heavy atom. The number of aldehydes is 1. The number of allylic oxidation sites excluding steroid dienone is 1. The minimum atomic E-state index is -0.117. The number of hydrogen-bond acceptors (Lipinski definition) is 2. The second-order valence-corrected chi connectivity index (χ2v) is 2.52. The molecule has 0 bridgehead atoms. The number of carbonyl (C=O) groups is 2. The van der Waals surface area contributed by atoms with Gasteiger partial charge in [-0.2, -0.15) is 0 Å². The molecular weight excluding hydrogens is 140 g/mol. The van der Waals surface area contributed by atoms with E-state index in [0.717, 1.165) is 19.3 Å². The van der Waals surface area contributed by atoms with Gasteiger partial charge in [0.25, 0.3) is 0 Å². The van der Waals surface area contributed by atoms with Gasteiger partial charge in [0.05, 0.1) is 5.57 Å². The summed E-state index contributed by atoms with van der Waals surface area (Å²) in [4.78, 5) is 21.0. The van der Waals surface area contributed by atoms with Crippen LogP contribution < -0.4 is 0 Å². The molecule has 0 N–H and O–H groups in total. The summed E-state index contributed by atoms with van der Waals surface area (Å²) in [7, 11) is 0. The molecule has 2 heteroatoms. The molecular formula is C9H14O2. The maximum atomic E-state index is 10.9. The van der Waals surface area contributed by atoms with Crippen LogP contribution in [-0.4, -0.2) is 12.1 Å². The van der Waals surface area contributed by atoms with Crippen molar-refractivity contribution >= 4 is 12.1 Å². The van der Waals surface area contributed by atoms with Crippen LogP contribution in [0.4, 0.5) is 0 Å². The fourth-order valence-electron chi connectivity index (χ4n) is 0.762. The van der Waals surface area contributed by atoms with Crippen molar-refractivity contribution in [1.82, 2.24) is 0 Å². The van der Waals surface area contributed by atoms with E-state index in [9.17, 15) is 9.59 Å². The molecule has 0 aliphatic rings. The van der Waals surface area contributed by atoms with Crippen molar-refractivity contribution in [2.45, 2.75) is 32.6 Å². The molecule has 0 saturated heterocycles. The quantitative estimate of drug-likeness (QED) is 0.192. The summed E-state index contributed by atoms with van der Waals surface area (Å²) in [6.07, 6.45) is 3.97. The third-order valence-electron chi connectivity index (χ3n) is 1.51. The highest BCUT2D eigenvalue weighted by Crippen LogP contribution is 2.02. The minimum absolute atomic E-state index is 0.0982. The Labute approximate surface area is 67.3 Å². The molecule has 11 heavy (non-hydrogen) atoms. The van der Waals surface area contributed by atoms with E-state index < -0.39 is 0 Å². The first kappa shape index (κ1) is 10.1. The summed E-state index contributed by atoms with van der Waals surface area (Å²) < 4.78 is 0. The van der Waals surface area contributed by atoms with E-state index >= 15 is 0 Å². The van der Waals surface area contributed by atoms with E-state index in [1.165, 1.54) is 0 Å². The summed E-state index contributed by atoms with van der Waals surface area (Å²) >= 11 is 0. The van der Waals surface area contributed by atoms with Gasteiger partial charge in [-0.3, -0.25) is 9.59 Å². The zero-order chi connectivity index (χ0) is 8.69. The molecule has 0 spiro atoms. The lowest BCUT2D eigenvalue weighted by atomic mass is 10.1. The van der Waals surface area contributed by atoms with Gasteiger partial charge in [-0.05, 0) is 6.42 Å². The Hall–Kier alpha value is -0.920. The monoisotopic (exact) mass is 154 g/mol. The second kappa shape index (κ2) is 5.83. The Morgan fingerprint density at radius 2 is 2.09 bits per heavy atom. The van der Waals surface area contributed by atoms with Gasteiger partial charge in [0.15, 0.2) is 12.1 Å². The molecule has 0 aromatic rings. The summed E-state index contributed by atoms with van der Waals surface area (Å²) in [5.41, 5.74) is 0.0982. The van der Waals surface area contributed by atoms with Crippen molar-refractivity contribution in [1.29, 1.82) is 0 Å². The molecule has 0 aromatic heterocycles. The summed E-state index contributed by atoms with van der Waals surface area (Å²) in [6, 6.07) is 0. The van der Waals surface area contributed by atoms with Gasteiger partial charge in [0.2, 0.25) is 0 Å². The van der Waals surface area contributed by atoms with Gasteiger partial charge in [-0.15, -0.1) is 0 Å². The van der Waals surface area contributed by atoms with Gasteiger partial charge in [0, 0.05) is 6.42 Å². The molecule has 0 atom stereocenters. The summed E-state index contributed by atoms with van der Waals surface area (Å²) in [5, 5.41) is 0. The standard InChI is InChI=1S/C9H14O2/c1-3-4-5-6-9(11)8(2)7-10/h7H,2-6H2,1H3. The molecule has 2 nitrogen and oxygen atoms in total. The topological polar surface area (TPSA) is 34.1 Å². The lowest BCUT2D eigenvalue weighted by molar-refractivity contribution is -0.117. The highest BCUT2D eigenvalue weighted by atomic mass is 16.1. The van der Waals surface area contributed by atoms with Gasteiger partial charge >= 0.3 is 0 Å². The first-order valence-electron chi connectivity index (χ1n) is 3.89. The molecule has 0 aliphatic heterocycles. The van der Waals surface area contributed by atoms with Crippen LogP contribution in [0.2, 0.25) is 0 Å². The van der Waals surface area contributed by atoms with Gasteiger partial charge in [-0.1, -0.05) is 26.3 Å². The largest absolute Gasteiger partial charge is 0.298 e. The van der Waals surface area contributed by atoms with Crippen LogP contribution in [0.1, 0.15) is 32.6 Å². The molecule has 0 amide bonds. The predicted octanol–water partition coefficient (Wildman–Crippen LogP) is 1.89. The van der Waals surface area contributed by atoms with E-state index in [1.807, 2.05) is 0 Å². The van der Waals surface area contributed by atoms with Gasteiger partial charge in [0.1, 0.15) is 0 Å². The van der Waals surface area contributed by atoms with Crippen LogP contribution in [0.5, 0.6) is 0 Å². The first-order chi connectivity index (χ1) is 5.22. The number of unbranched alkanes of at least 4 members (excludes halogenated alkanes) is 2. The van der Waals surface area contributed by atoms with E-state index in [1.54, 1.807) is 0 Å². The predicted molar refractivity (Wildman–Crippen MR) is 44.4 cm³/mol. The van der Waals surface area contributed by atoms with Crippen molar-refractivity contribution in [2.24, 2.45) is 0 Å². The fourth-order valence-corrected chi connectivity index (χ4v) is 0.762. The lowest BCUT2D eigenvalue weighted by Gasteiger charge is -1.96. The zero-order valence-electron chi connectivity index (χ0n) is 6.93.